The highest BCUT2D eigenvalue weighted by Crippen LogP contribution is 2.22. The summed E-state index contributed by atoms with van der Waals surface area (Å²) in [5.74, 6) is 0.559. The molecule has 0 amide bonds. The Morgan fingerprint density at radius 3 is 2.63 bits per heavy atom. The summed E-state index contributed by atoms with van der Waals surface area (Å²) in [6, 6.07) is 10.5. The fraction of sp³-hybridized carbons (Fsp3) is 0.250. The molecular weight excluding hydrogens is 241 g/mol. The topological polar surface area (TPSA) is 35.2 Å². The Morgan fingerprint density at radius 2 is 1.89 bits per heavy atom. The van der Waals surface area contributed by atoms with E-state index in [2.05, 4.69) is 0 Å². The molecule has 0 fully saturated rings. The summed E-state index contributed by atoms with van der Waals surface area (Å²) in [6.07, 6.45) is 0. The number of halogens is 1. The highest BCUT2D eigenvalue weighted by Gasteiger charge is 2.06. The van der Waals surface area contributed by atoms with E-state index in [-0.39, 0.29) is 5.82 Å². The molecule has 0 unspecified atom stereocenters. The van der Waals surface area contributed by atoms with Gasteiger partial charge in [-0.1, -0.05) is 18.2 Å². The van der Waals surface area contributed by atoms with E-state index in [0.29, 0.717) is 13.2 Å². The van der Waals surface area contributed by atoms with Crippen LogP contribution in [0.1, 0.15) is 22.3 Å². The molecule has 2 nitrogen and oxygen atoms in total. The van der Waals surface area contributed by atoms with Gasteiger partial charge in [0, 0.05) is 6.54 Å². The van der Waals surface area contributed by atoms with Crippen LogP contribution in [0.15, 0.2) is 36.4 Å². The number of hydrogen-bond donors (Lipinski definition) is 1. The van der Waals surface area contributed by atoms with Gasteiger partial charge < -0.3 is 10.5 Å². The van der Waals surface area contributed by atoms with Crippen LogP contribution < -0.4 is 10.5 Å². The van der Waals surface area contributed by atoms with Gasteiger partial charge in [-0.2, -0.15) is 0 Å². The molecule has 2 aromatic rings. The van der Waals surface area contributed by atoms with Crippen LogP contribution in [-0.4, -0.2) is 0 Å². The third-order valence-electron chi connectivity index (χ3n) is 3.33. The Bertz CT molecular complexity index is 581. The van der Waals surface area contributed by atoms with Crippen molar-refractivity contribution in [3.05, 3.63) is 64.5 Å². The molecule has 0 heterocycles. The van der Waals surface area contributed by atoms with Crippen LogP contribution in [-0.2, 0) is 13.2 Å². The van der Waals surface area contributed by atoms with Crippen molar-refractivity contribution in [1.29, 1.82) is 0 Å². The number of benzene rings is 2. The van der Waals surface area contributed by atoms with E-state index in [1.807, 2.05) is 32.0 Å². The second kappa shape index (κ2) is 5.85. The van der Waals surface area contributed by atoms with Gasteiger partial charge >= 0.3 is 0 Å². The standard InChI is InChI=1S/C16H18FNO/c1-11-4-3-5-16(12(11)2)19-10-14-8-15(17)7-6-13(14)9-18/h3-8H,9-10,18H2,1-2H3. The van der Waals surface area contributed by atoms with E-state index in [0.717, 1.165) is 22.4 Å². The first-order valence-corrected chi connectivity index (χ1v) is 6.28. The number of rotatable bonds is 4. The van der Waals surface area contributed by atoms with Gasteiger partial charge in [-0.3, -0.25) is 0 Å². The SMILES string of the molecule is Cc1cccc(OCc2cc(F)ccc2CN)c1C. The van der Waals surface area contributed by atoms with Crippen molar-refractivity contribution in [1.82, 2.24) is 0 Å². The summed E-state index contributed by atoms with van der Waals surface area (Å²) in [5, 5.41) is 0. The van der Waals surface area contributed by atoms with Gasteiger partial charge in [0.05, 0.1) is 0 Å². The van der Waals surface area contributed by atoms with Gasteiger partial charge in [-0.15, -0.1) is 0 Å². The third kappa shape index (κ3) is 3.12. The normalized spacial score (nSPS) is 10.5. The Labute approximate surface area is 113 Å². The molecule has 0 saturated carbocycles. The lowest BCUT2D eigenvalue weighted by atomic mass is 10.1. The average molecular weight is 259 g/mol. The summed E-state index contributed by atoms with van der Waals surface area (Å²) >= 11 is 0. The van der Waals surface area contributed by atoms with Gasteiger partial charge in [-0.05, 0) is 54.3 Å². The van der Waals surface area contributed by atoms with Crippen LogP contribution in [0.2, 0.25) is 0 Å². The molecule has 0 aromatic heterocycles. The largest absolute Gasteiger partial charge is 0.489 e. The van der Waals surface area contributed by atoms with Crippen LogP contribution in [0.5, 0.6) is 5.75 Å². The van der Waals surface area contributed by atoms with Crippen LogP contribution in [0.4, 0.5) is 4.39 Å². The zero-order valence-electron chi connectivity index (χ0n) is 11.2. The molecule has 3 heteroatoms. The zero-order valence-corrected chi connectivity index (χ0v) is 11.2. The van der Waals surface area contributed by atoms with Gasteiger partial charge in [0.2, 0.25) is 0 Å². The van der Waals surface area contributed by atoms with Crippen molar-refractivity contribution in [2.24, 2.45) is 5.73 Å². The van der Waals surface area contributed by atoms with Gasteiger partial charge in [0.25, 0.3) is 0 Å². The smallest absolute Gasteiger partial charge is 0.123 e. The summed E-state index contributed by atoms with van der Waals surface area (Å²) in [5.41, 5.74) is 9.63. The molecule has 0 spiro atoms. The van der Waals surface area contributed by atoms with E-state index in [4.69, 9.17) is 10.5 Å². The second-order valence-electron chi connectivity index (χ2n) is 4.60. The molecule has 0 atom stereocenters. The first-order chi connectivity index (χ1) is 9.11. The van der Waals surface area contributed by atoms with E-state index < -0.39 is 0 Å². The summed E-state index contributed by atoms with van der Waals surface area (Å²) in [7, 11) is 0. The fourth-order valence-electron chi connectivity index (χ4n) is 1.96. The van der Waals surface area contributed by atoms with Crippen LogP contribution in [0.3, 0.4) is 0 Å². The quantitative estimate of drug-likeness (QED) is 0.912. The van der Waals surface area contributed by atoms with E-state index in [1.54, 1.807) is 6.07 Å². The Balaban J connectivity index is 2.18. The minimum Gasteiger partial charge on any atom is -0.489 e. The van der Waals surface area contributed by atoms with Crippen LogP contribution in [0.25, 0.3) is 0 Å². The second-order valence-corrected chi connectivity index (χ2v) is 4.60. The van der Waals surface area contributed by atoms with Crippen LogP contribution in [0, 0.1) is 19.7 Å². The van der Waals surface area contributed by atoms with Gasteiger partial charge in [-0.25, -0.2) is 4.39 Å². The molecular formula is C16H18FNO. The molecule has 2 aromatic carbocycles. The molecule has 0 aliphatic carbocycles. The molecule has 100 valence electrons. The molecule has 0 aliphatic rings. The highest BCUT2D eigenvalue weighted by atomic mass is 19.1. The maximum Gasteiger partial charge on any atom is 0.123 e. The summed E-state index contributed by atoms with van der Waals surface area (Å²) < 4.78 is 19.0. The van der Waals surface area contributed by atoms with Crippen molar-refractivity contribution in [2.75, 3.05) is 0 Å². The molecule has 2 rings (SSSR count). The minimum atomic E-state index is -0.267. The molecule has 0 bridgehead atoms. The van der Waals surface area contributed by atoms with Gasteiger partial charge in [0.15, 0.2) is 0 Å². The third-order valence-corrected chi connectivity index (χ3v) is 3.33. The summed E-state index contributed by atoms with van der Waals surface area (Å²) in [4.78, 5) is 0. The maximum absolute atomic E-state index is 13.3. The lowest BCUT2D eigenvalue weighted by Gasteiger charge is -2.13. The minimum absolute atomic E-state index is 0.267. The van der Waals surface area contributed by atoms with Gasteiger partial charge in [0.1, 0.15) is 18.2 Å². The summed E-state index contributed by atoms with van der Waals surface area (Å²) in [6.45, 7) is 4.76. The van der Waals surface area contributed by atoms with E-state index >= 15 is 0 Å². The lowest BCUT2D eigenvalue weighted by Crippen LogP contribution is -2.06. The Hall–Kier alpha value is -1.87. The molecule has 19 heavy (non-hydrogen) atoms. The maximum atomic E-state index is 13.3. The first-order valence-electron chi connectivity index (χ1n) is 6.28. The molecule has 0 saturated heterocycles. The number of hydrogen-bond acceptors (Lipinski definition) is 2. The number of aryl methyl sites for hydroxylation is 1. The predicted molar refractivity (Wildman–Crippen MR) is 74.5 cm³/mol. The van der Waals surface area contributed by atoms with Crippen molar-refractivity contribution in [3.8, 4) is 5.75 Å². The van der Waals surface area contributed by atoms with Crippen LogP contribution >= 0.6 is 0 Å². The predicted octanol–water partition coefficient (Wildman–Crippen LogP) is 3.48. The number of nitrogens with two attached hydrogens (primary N) is 1. The molecule has 0 radical (unpaired) electrons. The average Bonchev–Trinajstić information content (AvgIpc) is 2.40. The van der Waals surface area contributed by atoms with E-state index in [9.17, 15) is 4.39 Å². The number of ether oxygens (including phenoxy) is 1. The first kappa shape index (κ1) is 13.6. The van der Waals surface area contributed by atoms with E-state index in [1.165, 1.54) is 17.7 Å². The lowest BCUT2D eigenvalue weighted by molar-refractivity contribution is 0.302. The Kier molecular flexibility index (Phi) is 4.17. The highest BCUT2D eigenvalue weighted by molar-refractivity contribution is 5.38. The van der Waals surface area contributed by atoms with Crippen molar-refractivity contribution >= 4 is 0 Å². The monoisotopic (exact) mass is 259 g/mol. The van der Waals surface area contributed by atoms with Crippen molar-refractivity contribution in [3.63, 3.8) is 0 Å². The zero-order chi connectivity index (χ0) is 13.8. The van der Waals surface area contributed by atoms with Crippen molar-refractivity contribution in [2.45, 2.75) is 27.0 Å². The molecule has 0 aliphatic heterocycles. The van der Waals surface area contributed by atoms with Crippen molar-refractivity contribution < 1.29 is 9.13 Å². The molecule has 2 N–H and O–H groups in total. The Morgan fingerprint density at radius 1 is 1.11 bits per heavy atom. The fourth-order valence-corrected chi connectivity index (χ4v) is 1.96.